The Morgan fingerprint density at radius 1 is 1.06 bits per heavy atom. The fraction of sp³-hybridized carbons (Fsp3) is 0.379. The summed E-state index contributed by atoms with van der Waals surface area (Å²) in [6.07, 6.45) is 6.07. The molecule has 0 amide bonds. The highest BCUT2D eigenvalue weighted by Gasteiger charge is 2.31. The van der Waals surface area contributed by atoms with Crippen LogP contribution in [0.25, 0.3) is 16.6 Å². The zero-order valence-electron chi connectivity index (χ0n) is 19.8. The van der Waals surface area contributed by atoms with E-state index in [2.05, 4.69) is 61.6 Å². The van der Waals surface area contributed by atoms with Gasteiger partial charge in [-0.15, -0.1) is 0 Å². The van der Waals surface area contributed by atoms with Gasteiger partial charge in [-0.05, 0) is 61.8 Å². The first-order valence-electron chi connectivity index (χ1n) is 12.2. The van der Waals surface area contributed by atoms with Crippen molar-refractivity contribution in [1.82, 2.24) is 9.38 Å². The van der Waals surface area contributed by atoms with E-state index in [0.717, 1.165) is 55.4 Å². The zero-order chi connectivity index (χ0) is 23.1. The normalized spacial score (nSPS) is 15.5. The average Bonchev–Trinajstić information content (AvgIpc) is 3.42. The largest absolute Gasteiger partial charge is 0.481 e. The van der Waals surface area contributed by atoms with E-state index in [-0.39, 0.29) is 5.92 Å². The molecule has 1 aliphatic carbocycles. The van der Waals surface area contributed by atoms with Crippen molar-refractivity contribution in [2.75, 3.05) is 0 Å². The van der Waals surface area contributed by atoms with Gasteiger partial charge in [0.15, 0.2) is 0 Å². The summed E-state index contributed by atoms with van der Waals surface area (Å²) >= 11 is 0. The Morgan fingerprint density at radius 3 is 2.42 bits per heavy atom. The molecule has 4 heteroatoms. The lowest BCUT2D eigenvalue weighted by molar-refractivity contribution is -0.140. The van der Waals surface area contributed by atoms with Crippen molar-refractivity contribution in [3.63, 3.8) is 0 Å². The summed E-state index contributed by atoms with van der Waals surface area (Å²) in [7, 11) is 0. The first kappa shape index (κ1) is 21.7. The first-order chi connectivity index (χ1) is 16.0. The predicted molar refractivity (Wildman–Crippen MR) is 133 cm³/mol. The average molecular weight is 441 g/mol. The maximum absolute atomic E-state index is 12.0. The standard InChI is InChI=1S/C29H32N2O2/c1-4-23-18(2)30-28-25(24-11-7-8-12-26(24)31(28)19(23)3)17-20-13-15-22(16-14-20)27(29(32)33)21-9-5-6-10-21/h7-8,11-16,21,27H,4-6,9-10,17H2,1-3H3,(H,32,33)/t27-/m0/s1. The maximum atomic E-state index is 12.0. The Bertz CT molecular complexity index is 1330. The van der Waals surface area contributed by atoms with Gasteiger partial charge in [0.2, 0.25) is 0 Å². The van der Waals surface area contributed by atoms with Crippen molar-refractivity contribution >= 4 is 22.5 Å². The van der Waals surface area contributed by atoms with Crippen LogP contribution in [0.5, 0.6) is 0 Å². The summed E-state index contributed by atoms with van der Waals surface area (Å²) in [5, 5.41) is 11.1. The molecule has 33 heavy (non-hydrogen) atoms. The van der Waals surface area contributed by atoms with E-state index < -0.39 is 11.9 Å². The molecule has 170 valence electrons. The fourth-order valence-electron chi connectivity index (χ4n) is 6.01. The van der Waals surface area contributed by atoms with E-state index >= 15 is 0 Å². The Labute approximate surface area is 195 Å². The van der Waals surface area contributed by atoms with Crippen molar-refractivity contribution < 1.29 is 9.90 Å². The molecular formula is C29H32N2O2. The Balaban J connectivity index is 1.56. The lowest BCUT2D eigenvalue weighted by Gasteiger charge is -2.20. The molecule has 1 aliphatic rings. The molecule has 2 heterocycles. The number of carboxylic acid groups (broad SMARTS) is 1. The van der Waals surface area contributed by atoms with Crippen LogP contribution in [0.2, 0.25) is 0 Å². The minimum Gasteiger partial charge on any atom is -0.481 e. The molecule has 0 unspecified atom stereocenters. The number of hydrogen-bond donors (Lipinski definition) is 1. The number of aliphatic carboxylic acids is 1. The van der Waals surface area contributed by atoms with Gasteiger partial charge in [0.05, 0.1) is 11.4 Å². The lowest BCUT2D eigenvalue weighted by Crippen LogP contribution is -2.19. The monoisotopic (exact) mass is 440 g/mol. The second-order valence-electron chi connectivity index (χ2n) is 9.55. The van der Waals surface area contributed by atoms with Crippen molar-refractivity contribution in [3.05, 3.63) is 82.2 Å². The molecule has 2 aromatic heterocycles. The van der Waals surface area contributed by atoms with Crippen LogP contribution in [0, 0.1) is 19.8 Å². The molecule has 0 saturated heterocycles. The number of carboxylic acids is 1. The third-order valence-electron chi connectivity index (χ3n) is 7.64. The number of para-hydroxylation sites is 1. The SMILES string of the molecule is CCc1c(C)nc2c(Cc3ccc([C@@H](C(=O)O)C4CCCC4)cc3)c3ccccc3n2c1C. The molecule has 1 N–H and O–H groups in total. The molecule has 0 bridgehead atoms. The smallest absolute Gasteiger partial charge is 0.311 e. The third kappa shape index (κ3) is 3.72. The van der Waals surface area contributed by atoms with Gasteiger partial charge in [0.1, 0.15) is 5.65 Å². The maximum Gasteiger partial charge on any atom is 0.311 e. The zero-order valence-corrected chi connectivity index (χ0v) is 19.8. The van der Waals surface area contributed by atoms with Crippen LogP contribution in [0.1, 0.15) is 72.2 Å². The number of aromatic nitrogens is 2. The molecule has 1 saturated carbocycles. The molecule has 1 atom stereocenters. The van der Waals surface area contributed by atoms with E-state index in [4.69, 9.17) is 4.98 Å². The van der Waals surface area contributed by atoms with Crippen LogP contribution in [0.15, 0.2) is 48.5 Å². The summed E-state index contributed by atoms with van der Waals surface area (Å²) in [6.45, 7) is 6.49. The second-order valence-corrected chi connectivity index (χ2v) is 9.55. The van der Waals surface area contributed by atoms with Gasteiger partial charge in [-0.3, -0.25) is 9.20 Å². The third-order valence-corrected chi connectivity index (χ3v) is 7.64. The van der Waals surface area contributed by atoms with E-state index in [1.165, 1.54) is 33.3 Å². The number of aryl methyl sites for hydroxylation is 2. The molecule has 1 fully saturated rings. The Hall–Kier alpha value is -3.14. The highest BCUT2D eigenvalue weighted by atomic mass is 16.4. The number of fused-ring (bicyclic) bond motifs is 3. The van der Waals surface area contributed by atoms with E-state index in [9.17, 15) is 9.90 Å². The van der Waals surface area contributed by atoms with E-state index in [0.29, 0.717) is 0 Å². The number of carbonyl (C=O) groups is 1. The van der Waals surface area contributed by atoms with Crippen molar-refractivity contribution in [2.24, 2.45) is 5.92 Å². The van der Waals surface area contributed by atoms with Gasteiger partial charge < -0.3 is 5.11 Å². The van der Waals surface area contributed by atoms with E-state index in [1.54, 1.807) is 0 Å². The molecule has 5 rings (SSSR count). The summed E-state index contributed by atoms with van der Waals surface area (Å²) < 4.78 is 2.31. The number of nitrogens with zero attached hydrogens (tertiary/aromatic N) is 2. The fourth-order valence-corrected chi connectivity index (χ4v) is 6.01. The molecule has 0 spiro atoms. The summed E-state index contributed by atoms with van der Waals surface area (Å²) in [5.41, 5.74) is 9.25. The van der Waals surface area contributed by atoms with Gasteiger partial charge in [-0.25, -0.2) is 4.98 Å². The number of benzene rings is 2. The van der Waals surface area contributed by atoms with Crippen molar-refractivity contribution in [2.45, 2.75) is 65.2 Å². The van der Waals surface area contributed by atoms with Gasteiger partial charge in [0, 0.05) is 28.8 Å². The van der Waals surface area contributed by atoms with Gasteiger partial charge >= 0.3 is 5.97 Å². The highest BCUT2D eigenvalue weighted by molar-refractivity contribution is 5.92. The van der Waals surface area contributed by atoms with Crippen LogP contribution >= 0.6 is 0 Å². The van der Waals surface area contributed by atoms with Crippen LogP contribution in [-0.4, -0.2) is 20.5 Å². The minimum absolute atomic E-state index is 0.260. The Morgan fingerprint density at radius 2 is 1.76 bits per heavy atom. The van der Waals surface area contributed by atoms with Gasteiger partial charge in [-0.2, -0.15) is 0 Å². The molecule has 4 nitrogen and oxygen atoms in total. The topological polar surface area (TPSA) is 54.6 Å². The minimum atomic E-state index is -0.694. The first-order valence-corrected chi connectivity index (χ1v) is 12.2. The van der Waals surface area contributed by atoms with Crippen LogP contribution < -0.4 is 0 Å². The molecule has 0 radical (unpaired) electrons. The summed E-state index contributed by atoms with van der Waals surface area (Å²) in [4.78, 5) is 17.1. The molecule has 0 aliphatic heterocycles. The molecule has 4 aromatic rings. The summed E-state index contributed by atoms with van der Waals surface area (Å²) in [6, 6.07) is 16.8. The molecular weight excluding hydrogens is 408 g/mol. The van der Waals surface area contributed by atoms with Gasteiger partial charge in [0.25, 0.3) is 0 Å². The Kier molecular flexibility index (Phi) is 5.69. The van der Waals surface area contributed by atoms with Crippen LogP contribution in [-0.2, 0) is 17.6 Å². The quantitative estimate of drug-likeness (QED) is 0.367. The number of rotatable bonds is 6. The van der Waals surface area contributed by atoms with Crippen LogP contribution in [0.3, 0.4) is 0 Å². The van der Waals surface area contributed by atoms with Crippen molar-refractivity contribution in [1.29, 1.82) is 0 Å². The van der Waals surface area contributed by atoms with Crippen molar-refractivity contribution in [3.8, 4) is 0 Å². The van der Waals surface area contributed by atoms with Crippen LogP contribution in [0.4, 0.5) is 0 Å². The second kappa shape index (κ2) is 8.66. The number of hydrogen-bond acceptors (Lipinski definition) is 2. The predicted octanol–water partition coefficient (Wildman–Crippen LogP) is 6.62. The van der Waals surface area contributed by atoms with E-state index in [1.807, 2.05) is 12.1 Å². The molecule has 2 aromatic carbocycles. The lowest BCUT2D eigenvalue weighted by atomic mass is 9.84. The highest BCUT2D eigenvalue weighted by Crippen LogP contribution is 2.38. The van der Waals surface area contributed by atoms with Gasteiger partial charge in [-0.1, -0.05) is 62.2 Å². The summed E-state index contributed by atoms with van der Waals surface area (Å²) in [5.74, 6) is -0.825.